The maximum atomic E-state index is 12.0. The Bertz CT molecular complexity index is 681. The van der Waals surface area contributed by atoms with Crippen LogP contribution in [0.4, 0.5) is 5.69 Å². The van der Waals surface area contributed by atoms with Crippen LogP contribution in [0.1, 0.15) is 26.3 Å². The highest BCUT2D eigenvalue weighted by Crippen LogP contribution is 2.18. The molecule has 0 radical (unpaired) electrons. The lowest BCUT2D eigenvalue weighted by atomic mass is 10.1. The molecule has 0 aliphatic rings. The number of anilines is 1. The third kappa shape index (κ3) is 4.06. The van der Waals surface area contributed by atoms with E-state index >= 15 is 0 Å². The molecule has 0 unspecified atom stereocenters. The Morgan fingerprint density at radius 1 is 1.10 bits per heavy atom. The van der Waals surface area contributed by atoms with E-state index in [4.69, 9.17) is 16.2 Å². The Hall–Kier alpha value is -2.34. The van der Waals surface area contributed by atoms with E-state index in [1.54, 1.807) is 36.4 Å². The SMILES string of the molecule is NC(=O)c1cccc(COC(=O)c2cc(N)cc(Br)c2)c1. The first kappa shape index (κ1) is 15.1. The smallest absolute Gasteiger partial charge is 0.338 e. The van der Waals surface area contributed by atoms with E-state index in [2.05, 4.69) is 15.9 Å². The van der Waals surface area contributed by atoms with E-state index in [0.717, 1.165) is 0 Å². The fourth-order valence-electron chi connectivity index (χ4n) is 1.78. The molecule has 0 aliphatic heterocycles. The Labute approximate surface area is 130 Å². The van der Waals surface area contributed by atoms with Gasteiger partial charge in [-0.3, -0.25) is 4.79 Å². The Morgan fingerprint density at radius 3 is 2.52 bits per heavy atom. The van der Waals surface area contributed by atoms with Crippen molar-refractivity contribution in [3.8, 4) is 0 Å². The molecule has 0 fully saturated rings. The van der Waals surface area contributed by atoms with E-state index < -0.39 is 11.9 Å². The van der Waals surface area contributed by atoms with Crippen LogP contribution in [0.5, 0.6) is 0 Å². The van der Waals surface area contributed by atoms with Crippen molar-refractivity contribution in [2.24, 2.45) is 5.73 Å². The van der Waals surface area contributed by atoms with Gasteiger partial charge in [0.05, 0.1) is 5.56 Å². The van der Waals surface area contributed by atoms with Crippen molar-refractivity contribution in [1.82, 2.24) is 0 Å². The van der Waals surface area contributed by atoms with E-state index in [1.807, 2.05) is 0 Å². The average molecular weight is 349 g/mol. The minimum absolute atomic E-state index is 0.0480. The summed E-state index contributed by atoms with van der Waals surface area (Å²) in [6.07, 6.45) is 0. The van der Waals surface area contributed by atoms with Gasteiger partial charge in [-0.1, -0.05) is 28.1 Å². The molecule has 0 saturated heterocycles. The van der Waals surface area contributed by atoms with Crippen LogP contribution in [0.15, 0.2) is 46.9 Å². The molecule has 0 atom stereocenters. The zero-order chi connectivity index (χ0) is 15.4. The molecule has 5 nitrogen and oxygen atoms in total. The van der Waals surface area contributed by atoms with Crippen LogP contribution in [0, 0.1) is 0 Å². The molecule has 0 bridgehead atoms. The normalized spacial score (nSPS) is 10.1. The van der Waals surface area contributed by atoms with Crippen molar-refractivity contribution >= 4 is 33.5 Å². The van der Waals surface area contributed by atoms with E-state index in [0.29, 0.717) is 26.9 Å². The largest absolute Gasteiger partial charge is 0.457 e. The van der Waals surface area contributed by atoms with Crippen molar-refractivity contribution in [3.63, 3.8) is 0 Å². The van der Waals surface area contributed by atoms with Crippen LogP contribution in [0.3, 0.4) is 0 Å². The minimum atomic E-state index is -0.525. The summed E-state index contributed by atoms with van der Waals surface area (Å²) >= 11 is 3.26. The molecule has 0 aliphatic carbocycles. The molecular formula is C15H13BrN2O3. The summed E-state index contributed by atoms with van der Waals surface area (Å²) in [5.74, 6) is -1.02. The number of carbonyl (C=O) groups excluding carboxylic acids is 2. The van der Waals surface area contributed by atoms with Gasteiger partial charge in [0, 0.05) is 15.7 Å². The van der Waals surface area contributed by atoms with Crippen LogP contribution in [-0.2, 0) is 11.3 Å². The van der Waals surface area contributed by atoms with Crippen molar-refractivity contribution in [3.05, 3.63) is 63.6 Å². The summed E-state index contributed by atoms with van der Waals surface area (Å²) in [6.45, 7) is 0.0480. The predicted molar refractivity (Wildman–Crippen MR) is 82.6 cm³/mol. The lowest BCUT2D eigenvalue weighted by Crippen LogP contribution is -2.11. The molecule has 2 aromatic carbocycles. The first-order valence-corrected chi connectivity index (χ1v) is 6.87. The van der Waals surface area contributed by atoms with Crippen LogP contribution < -0.4 is 11.5 Å². The number of amides is 1. The Balaban J connectivity index is 2.07. The minimum Gasteiger partial charge on any atom is -0.457 e. The number of nitrogens with two attached hydrogens (primary N) is 2. The maximum absolute atomic E-state index is 12.0. The number of primary amides is 1. The number of hydrogen-bond donors (Lipinski definition) is 2. The molecular weight excluding hydrogens is 336 g/mol. The number of esters is 1. The van der Waals surface area contributed by atoms with Crippen molar-refractivity contribution in [1.29, 1.82) is 0 Å². The van der Waals surface area contributed by atoms with Gasteiger partial charge in [0.25, 0.3) is 0 Å². The van der Waals surface area contributed by atoms with Gasteiger partial charge in [-0.2, -0.15) is 0 Å². The Morgan fingerprint density at radius 2 is 1.86 bits per heavy atom. The van der Waals surface area contributed by atoms with Crippen molar-refractivity contribution < 1.29 is 14.3 Å². The topological polar surface area (TPSA) is 95.4 Å². The molecule has 1 amide bonds. The summed E-state index contributed by atoms with van der Waals surface area (Å²) in [6, 6.07) is 11.5. The molecule has 0 heterocycles. The second kappa shape index (κ2) is 6.41. The summed E-state index contributed by atoms with van der Waals surface area (Å²) in [5, 5.41) is 0. The standard InChI is InChI=1S/C15H13BrN2O3/c16-12-5-11(6-13(17)7-12)15(20)21-8-9-2-1-3-10(4-9)14(18)19/h1-7H,8,17H2,(H2,18,19). The van der Waals surface area contributed by atoms with E-state index in [1.165, 1.54) is 6.07 Å². The molecule has 4 N–H and O–H groups in total. The second-order valence-electron chi connectivity index (χ2n) is 4.41. The van der Waals surface area contributed by atoms with Gasteiger partial charge in [0.2, 0.25) is 5.91 Å². The molecule has 21 heavy (non-hydrogen) atoms. The zero-order valence-corrected chi connectivity index (χ0v) is 12.6. The fourth-order valence-corrected chi connectivity index (χ4v) is 2.29. The molecule has 2 aromatic rings. The predicted octanol–water partition coefficient (Wildman–Crippen LogP) is 2.49. The number of benzene rings is 2. The van der Waals surface area contributed by atoms with Gasteiger partial charge in [0.15, 0.2) is 0 Å². The van der Waals surface area contributed by atoms with Crippen LogP contribution in [0.25, 0.3) is 0 Å². The molecule has 0 saturated carbocycles. The van der Waals surface area contributed by atoms with Crippen LogP contribution >= 0.6 is 15.9 Å². The van der Waals surface area contributed by atoms with Crippen molar-refractivity contribution in [2.45, 2.75) is 6.61 Å². The highest BCUT2D eigenvalue weighted by atomic mass is 79.9. The molecule has 0 spiro atoms. The van der Waals surface area contributed by atoms with E-state index in [-0.39, 0.29) is 6.61 Å². The van der Waals surface area contributed by atoms with Gasteiger partial charge in [-0.05, 0) is 35.9 Å². The summed E-state index contributed by atoms with van der Waals surface area (Å²) in [7, 11) is 0. The molecule has 108 valence electrons. The third-order valence-electron chi connectivity index (χ3n) is 2.74. The third-order valence-corrected chi connectivity index (χ3v) is 3.20. The van der Waals surface area contributed by atoms with Crippen molar-refractivity contribution in [2.75, 3.05) is 5.73 Å². The molecule has 6 heteroatoms. The average Bonchev–Trinajstić information content (AvgIpc) is 2.44. The van der Waals surface area contributed by atoms with Crippen LogP contribution in [0.2, 0.25) is 0 Å². The monoisotopic (exact) mass is 348 g/mol. The van der Waals surface area contributed by atoms with Gasteiger partial charge in [-0.15, -0.1) is 0 Å². The lowest BCUT2D eigenvalue weighted by Gasteiger charge is -2.07. The van der Waals surface area contributed by atoms with Gasteiger partial charge >= 0.3 is 5.97 Å². The zero-order valence-electron chi connectivity index (χ0n) is 11.0. The molecule has 2 rings (SSSR count). The maximum Gasteiger partial charge on any atom is 0.338 e. The summed E-state index contributed by atoms with van der Waals surface area (Å²) < 4.78 is 5.89. The number of carbonyl (C=O) groups is 2. The second-order valence-corrected chi connectivity index (χ2v) is 5.33. The van der Waals surface area contributed by atoms with E-state index in [9.17, 15) is 9.59 Å². The summed E-state index contributed by atoms with van der Waals surface area (Å²) in [4.78, 5) is 23.0. The highest BCUT2D eigenvalue weighted by Gasteiger charge is 2.10. The first-order valence-electron chi connectivity index (χ1n) is 6.07. The van der Waals surface area contributed by atoms with Gasteiger partial charge in [0.1, 0.15) is 6.61 Å². The van der Waals surface area contributed by atoms with Gasteiger partial charge in [-0.25, -0.2) is 4.79 Å². The number of halogens is 1. The lowest BCUT2D eigenvalue weighted by molar-refractivity contribution is 0.0472. The number of rotatable bonds is 4. The van der Waals surface area contributed by atoms with Crippen LogP contribution in [-0.4, -0.2) is 11.9 Å². The number of ether oxygens (including phenoxy) is 1. The first-order chi connectivity index (χ1) is 9.95. The van der Waals surface area contributed by atoms with Gasteiger partial charge < -0.3 is 16.2 Å². The fraction of sp³-hybridized carbons (Fsp3) is 0.0667. The summed E-state index contributed by atoms with van der Waals surface area (Å²) in [5.41, 5.74) is 12.7. The molecule has 0 aromatic heterocycles. The quantitative estimate of drug-likeness (QED) is 0.655. The number of hydrogen-bond acceptors (Lipinski definition) is 4. The highest BCUT2D eigenvalue weighted by molar-refractivity contribution is 9.10. The number of nitrogen functional groups attached to an aromatic ring is 1. The Kier molecular flexibility index (Phi) is 4.59.